The summed E-state index contributed by atoms with van der Waals surface area (Å²) >= 11 is 0. The lowest BCUT2D eigenvalue weighted by atomic mass is 9.85. The first kappa shape index (κ1) is 55.4. The average Bonchev–Trinajstić information content (AvgIpc) is 3.20. The number of unbranched alkanes of at least 4 members (excludes halogenated alkanes) is 29. The van der Waals surface area contributed by atoms with Gasteiger partial charge in [0.2, 0.25) is 5.91 Å². The molecule has 346 valence electrons. The molecule has 0 aromatic carbocycles. The van der Waals surface area contributed by atoms with Crippen molar-refractivity contribution in [2.24, 2.45) is 0 Å². The number of hydrogen-bond acceptors (Lipinski definition) is 10. The highest BCUT2D eigenvalue weighted by atomic mass is 31.2. The number of phosphoric ester groups is 1. The molecule has 0 bridgehead atoms. The minimum absolute atomic E-state index is 0.243. The molecule has 1 aliphatic carbocycles. The van der Waals surface area contributed by atoms with Crippen LogP contribution in [0.15, 0.2) is 0 Å². The maximum absolute atomic E-state index is 13.0. The average molecular weight is 852 g/mol. The van der Waals surface area contributed by atoms with Crippen molar-refractivity contribution in [3.8, 4) is 0 Å². The number of carbonyl (C=O) groups excluding carboxylic acids is 1. The predicted octanol–water partition coefficient (Wildman–Crippen LogP) is 9.07. The summed E-state index contributed by atoms with van der Waals surface area (Å²) in [7, 11) is -5.05. The van der Waals surface area contributed by atoms with Crippen LogP contribution in [0.25, 0.3) is 0 Å². The SMILES string of the molecule is CCCCCCCCCCCCCCCCCCCCCCC(=O)N[C@@H](COP(=O)(O)OC1C(O)C(O)C(O)[C@@H](O)C1O)[C@H](O)CCCCCCCCCCCCC. The number of carbonyl (C=O) groups is 1. The van der Waals surface area contributed by atoms with Crippen LogP contribution in [-0.2, 0) is 18.4 Å². The van der Waals surface area contributed by atoms with Crippen molar-refractivity contribution in [1.82, 2.24) is 5.32 Å². The Hall–Kier alpha value is -0.660. The number of hydrogen-bond donors (Lipinski definition) is 8. The second kappa shape index (κ2) is 35.9. The zero-order valence-corrected chi connectivity index (χ0v) is 37.8. The van der Waals surface area contributed by atoms with Crippen LogP contribution < -0.4 is 5.32 Å². The molecule has 9 atom stereocenters. The molecule has 1 rings (SSSR count). The minimum atomic E-state index is -5.05. The molecule has 1 fully saturated rings. The van der Waals surface area contributed by atoms with Crippen LogP contribution in [0.1, 0.15) is 226 Å². The third-order valence-electron chi connectivity index (χ3n) is 11.9. The molecule has 1 amide bonds. The zero-order chi connectivity index (χ0) is 42.9. The monoisotopic (exact) mass is 852 g/mol. The Labute approximate surface area is 353 Å². The van der Waals surface area contributed by atoms with Crippen molar-refractivity contribution in [2.45, 2.75) is 275 Å². The zero-order valence-electron chi connectivity index (χ0n) is 36.9. The van der Waals surface area contributed by atoms with Crippen LogP contribution in [-0.4, -0.2) is 96.8 Å². The van der Waals surface area contributed by atoms with E-state index in [0.717, 1.165) is 38.5 Å². The Morgan fingerprint density at radius 1 is 0.517 bits per heavy atom. The van der Waals surface area contributed by atoms with Gasteiger partial charge in [-0.3, -0.25) is 13.8 Å². The van der Waals surface area contributed by atoms with E-state index in [-0.39, 0.29) is 12.3 Å². The molecule has 0 aliphatic heterocycles. The van der Waals surface area contributed by atoms with Crippen molar-refractivity contribution in [2.75, 3.05) is 6.61 Å². The van der Waals surface area contributed by atoms with Gasteiger partial charge in [-0.2, -0.15) is 0 Å². The minimum Gasteiger partial charge on any atom is -0.391 e. The van der Waals surface area contributed by atoms with E-state index in [9.17, 15) is 44.9 Å². The molecule has 0 spiro atoms. The van der Waals surface area contributed by atoms with E-state index in [2.05, 4.69) is 19.2 Å². The molecule has 58 heavy (non-hydrogen) atoms. The quantitative estimate of drug-likeness (QED) is 0.0216. The predicted molar refractivity (Wildman–Crippen MR) is 232 cm³/mol. The van der Waals surface area contributed by atoms with E-state index in [1.54, 1.807) is 0 Å². The van der Waals surface area contributed by atoms with Crippen LogP contribution in [0.4, 0.5) is 0 Å². The Morgan fingerprint density at radius 2 is 0.828 bits per heavy atom. The molecule has 12 nitrogen and oxygen atoms in total. The Morgan fingerprint density at radius 3 is 1.19 bits per heavy atom. The molecule has 0 saturated heterocycles. The van der Waals surface area contributed by atoms with Gasteiger partial charge in [-0.05, 0) is 12.8 Å². The van der Waals surface area contributed by atoms with Gasteiger partial charge < -0.3 is 40.8 Å². The molecule has 0 aromatic heterocycles. The number of amides is 1. The highest BCUT2D eigenvalue weighted by Gasteiger charge is 2.51. The van der Waals surface area contributed by atoms with Crippen LogP contribution >= 0.6 is 7.82 Å². The topological polar surface area (TPSA) is 206 Å². The van der Waals surface area contributed by atoms with Crippen molar-refractivity contribution in [3.63, 3.8) is 0 Å². The molecule has 1 aliphatic rings. The van der Waals surface area contributed by atoms with E-state index in [4.69, 9.17) is 9.05 Å². The van der Waals surface area contributed by atoms with Crippen LogP contribution in [0.5, 0.6) is 0 Å². The van der Waals surface area contributed by atoms with E-state index in [0.29, 0.717) is 19.3 Å². The molecular formula is C45H90NO11P. The van der Waals surface area contributed by atoms with Crippen LogP contribution in [0.3, 0.4) is 0 Å². The first-order chi connectivity index (χ1) is 27.9. The van der Waals surface area contributed by atoms with Gasteiger partial charge in [-0.1, -0.05) is 206 Å². The molecule has 0 heterocycles. The second-order valence-electron chi connectivity index (χ2n) is 17.3. The Kier molecular flexibility index (Phi) is 34.3. The van der Waals surface area contributed by atoms with Gasteiger partial charge in [-0.25, -0.2) is 4.57 Å². The normalized spacial score (nSPS) is 23.1. The summed E-state index contributed by atoms with van der Waals surface area (Å²) < 4.78 is 22.9. The van der Waals surface area contributed by atoms with Crippen LogP contribution in [0.2, 0.25) is 0 Å². The Bertz CT molecular complexity index is 994. The fraction of sp³-hybridized carbons (Fsp3) is 0.978. The van der Waals surface area contributed by atoms with Crippen LogP contribution in [0, 0.1) is 0 Å². The number of aliphatic hydroxyl groups is 6. The maximum atomic E-state index is 13.0. The van der Waals surface area contributed by atoms with Gasteiger partial charge in [0.15, 0.2) is 0 Å². The summed E-state index contributed by atoms with van der Waals surface area (Å²) in [5.74, 6) is -0.305. The molecule has 0 radical (unpaired) electrons. The number of phosphoric acid groups is 1. The summed E-state index contributed by atoms with van der Waals surface area (Å²) in [5.41, 5.74) is 0. The molecule has 0 aromatic rings. The van der Waals surface area contributed by atoms with E-state index < -0.39 is 63.2 Å². The molecular weight excluding hydrogens is 761 g/mol. The summed E-state index contributed by atoms with van der Waals surface area (Å²) in [6, 6.07) is -1.02. The fourth-order valence-corrected chi connectivity index (χ4v) is 8.93. The van der Waals surface area contributed by atoms with Gasteiger partial charge in [0.25, 0.3) is 0 Å². The second-order valence-corrected chi connectivity index (χ2v) is 18.7. The molecule has 1 saturated carbocycles. The van der Waals surface area contributed by atoms with E-state index >= 15 is 0 Å². The molecule has 6 unspecified atom stereocenters. The van der Waals surface area contributed by atoms with Crippen molar-refractivity contribution in [3.05, 3.63) is 0 Å². The largest absolute Gasteiger partial charge is 0.472 e. The first-order valence-electron chi connectivity index (χ1n) is 24.0. The van der Waals surface area contributed by atoms with Gasteiger partial charge in [-0.15, -0.1) is 0 Å². The lowest BCUT2D eigenvalue weighted by Crippen LogP contribution is -2.64. The van der Waals surface area contributed by atoms with Crippen molar-refractivity contribution < 1.29 is 53.9 Å². The highest BCUT2D eigenvalue weighted by molar-refractivity contribution is 7.47. The highest BCUT2D eigenvalue weighted by Crippen LogP contribution is 2.47. The van der Waals surface area contributed by atoms with Crippen molar-refractivity contribution >= 4 is 13.7 Å². The number of nitrogens with one attached hydrogen (secondary N) is 1. The van der Waals surface area contributed by atoms with E-state index in [1.165, 1.54) is 148 Å². The third kappa shape index (κ3) is 27.3. The summed E-state index contributed by atoms with van der Waals surface area (Å²) in [4.78, 5) is 23.4. The standard InChI is InChI=1S/C45H90NO11P/c1-3-5-7-9-11-13-15-16-17-18-19-20-21-22-23-25-27-29-31-33-35-39(48)46-37(38(47)34-32-30-28-26-24-14-12-10-8-6-4-2)36-56-58(54,55)57-45-43(52)41(50)40(49)42(51)44(45)53/h37-38,40-45,47,49-53H,3-36H2,1-2H3,(H,46,48)(H,54,55)/t37-,38+,40?,41+,42?,43?,44?,45?/m0/s1. The summed E-state index contributed by atoms with van der Waals surface area (Å²) in [5, 5.41) is 64.1. The van der Waals surface area contributed by atoms with Gasteiger partial charge >= 0.3 is 7.82 Å². The van der Waals surface area contributed by atoms with Gasteiger partial charge in [0, 0.05) is 6.42 Å². The lowest BCUT2D eigenvalue weighted by molar-refractivity contribution is -0.220. The third-order valence-corrected chi connectivity index (χ3v) is 12.9. The molecule has 8 N–H and O–H groups in total. The Balaban J connectivity index is 2.38. The fourth-order valence-electron chi connectivity index (χ4n) is 7.97. The summed E-state index contributed by atoms with van der Waals surface area (Å²) in [6.45, 7) is 3.89. The lowest BCUT2D eigenvalue weighted by Gasteiger charge is -2.41. The van der Waals surface area contributed by atoms with Gasteiger partial charge in [0.1, 0.15) is 36.6 Å². The molecule has 13 heteroatoms. The smallest absolute Gasteiger partial charge is 0.391 e. The number of rotatable bonds is 40. The summed E-state index contributed by atoms with van der Waals surface area (Å²) in [6.07, 6.45) is 25.7. The maximum Gasteiger partial charge on any atom is 0.472 e. The van der Waals surface area contributed by atoms with Gasteiger partial charge in [0.05, 0.1) is 18.8 Å². The van der Waals surface area contributed by atoms with E-state index in [1.807, 2.05) is 0 Å². The number of aliphatic hydroxyl groups excluding tert-OH is 6. The first-order valence-corrected chi connectivity index (χ1v) is 25.5. The van der Waals surface area contributed by atoms with Crippen molar-refractivity contribution in [1.29, 1.82) is 0 Å².